The van der Waals surface area contributed by atoms with Crippen LogP contribution in [0, 0.1) is 11.3 Å². The van der Waals surface area contributed by atoms with Gasteiger partial charge in [-0.2, -0.15) is 0 Å². The van der Waals surface area contributed by atoms with Crippen LogP contribution in [0.4, 0.5) is 0 Å². The molecule has 0 radical (unpaired) electrons. The Morgan fingerprint density at radius 1 is 1.73 bits per heavy atom. The number of carbonyl (C=O) groups excluding carboxylic acids is 1. The van der Waals surface area contributed by atoms with Gasteiger partial charge in [0, 0.05) is 0 Å². The van der Waals surface area contributed by atoms with E-state index in [0.717, 1.165) is 25.9 Å². The summed E-state index contributed by atoms with van der Waals surface area (Å²) in [5, 5.41) is 3.27. The first-order valence-electron chi connectivity index (χ1n) is 4.09. The molecule has 1 saturated heterocycles. The second-order valence-electron chi connectivity index (χ2n) is 3.50. The van der Waals surface area contributed by atoms with Crippen molar-refractivity contribution in [3.63, 3.8) is 0 Å². The maximum absolute atomic E-state index is 11.3. The molecule has 1 saturated carbocycles. The number of esters is 1. The van der Waals surface area contributed by atoms with Crippen LogP contribution in [0.2, 0.25) is 0 Å². The molecule has 0 aromatic rings. The van der Waals surface area contributed by atoms with E-state index in [2.05, 4.69) is 5.32 Å². The molecule has 0 bridgehead atoms. The average Bonchev–Trinajstić information content (AvgIpc) is 2.78. The first kappa shape index (κ1) is 7.10. The van der Waals surface area contributed by atoms with Crippen molar-refractivity contribution in [2.45, 2.75) is 12.8 Å². The number of nitrogens with one attached hydrogen (secondary N) is 1. The van der Waals surface area contributed by atoms with E-state index in [0.29, 0.717) is 5.92 Å². The largest absolute Gasteiger partial charge is 0.469 e. The Labute approximate surface area is 66.1 Å². The van der Waals surface area contributed by atoms with Crippen LogP contribution in [0.5, 0.6) is 0 Å². The number of ether oxygens (including phenoxy) is 1. The molecule has 1 heterocycles. The summed E-state index contributed by atoms with van der Waals surface area (Å²) in [5.41, 5.74) is -0.0694. The third kappa shape index (κ3) is 0.872. The third-order valence-corrected chi connectivity index (χ3v) is 2.96. The van der Waals surface area contributed by atoms with E-state index in [4.69, 9.17) is 4.74 Å². The topological polar surface area (TPSA) is 38.3 Å². The van der Waals surface area contributed by atoms with Gasteiger partial charge in [-0.15, -0.1) is 0 Å². The number of hydrogen-bond acceptors (Lipinski definition) is 3. The number of carbonyl (C=O) groups is 1. The fourth-order valence-corrected chi connectivity index (χ4v) is 2.10. The van der Waals surface area contributed by atoms with Crippen molar-refractivity contribution in [2.75, 3.05) is 20.2 Å². The summed E-state index contributed by atoms with van der Waals surface area (Å²) in [6.07, 6.45) is 2.00. The second-order valence-corrected chi connectivity index (χ2v) is 3.50. The Hall–Kier alpha value is -0.570. The molecule has 1 aliphatic carbocycles. The number of fused-ring (bicyclic) bond motifs is 1. The highest BCUT2D eigenvalue weighted by Crippen LogP contribution is 2.56. The normalized spacial score (nSPS) is 41.0. The molecular weight excluding hydrogens is 142 g/mol. The highest BCUT2D eigenvalue weighted by Gasteiger charge is 2.61. The first-order chi connectivity index (χ1) is 5.29. The summed E-state index contributed by atoms with van der Waals surface area (Å²) >= 11 is 0. The average molecular weight is 155 g/mol. The lowest BCUT2D eigenvalue weighted by atomic mass is 9.97. The predicted molar refractivity (Wildman–Crippen MR) is 40.0 cm³/mol. The predicted octanol–water partition coefficient (Wildman–Crippen LogP) is 0.159. The maximum Gasteiger partial charge on any atom is 0.312 e. The first-order valence-corrected chi connectivity index (χ1v) is 4.09. The quantitative estimate of drug-likeness (QED) is 0.548. The van der Waals surface area contributed by atoms with Crippen LogP contribution in [-0.2, 0) is 9.53 Å². The van der Waals surface area contributed by atoms with Crippen LogP contribution < -0.4 is 5.32 Å². The van der Waals surface area contributed by atoms with Gasteiger partial charge in [0.25, 0.3) is 0 Å². The van der Waals surface area contributed by atoms with Crippen molar-refractivity contribution >= 4 is 5.97 Å². The van der Waals surface area contributed by atoms with Crippen molar-refractivity contribution in [3.05, 3.63) is 0 Å². The highest BCUT2D eigenvalue weighted by molar-refractivity contribution is 5.80. The molecular formula is C8H13NO2. The molecule has 62 valence electrons. The van der Waals surface area contributed by atoms with Gasteiger partial charge in [0.05, 0.1) is 12.5 Å². The Bertz CT molecular complexity index is 193. The van der Waals surface area contributed by atoms with Crippen LogP contribution in [0.25, 0.3) is 0 Å². The van der Waals surface area contributed by atoms with Crippen molar-refractivity contribution in [1.82, 2.24) is 5.32 Å². The summed E-state index contributed by atoms with van der Waals surface area (Å²) in [5.74, 6) is 0.563. The van der Waals surface area contributed by atoms with E-state index in [9.17, 15) is 4.79 Å². The lowest BCUT2D eigenvalue weighted by Crippen LogP contribution is -2.34. The van der Waals surface area contributed by atoms with E-state index in [1.165, 1.54) is 7.11 Å². The molecule has 2 atom stereocenters. The molecule has 1 aliphatic heterocycles. The zero-order valence-corrected chi connectivity index (χ0v) is 6.72. The fourth-order valence-electron chi connectivity index (χ4n) is 2.10. The Kier molecular flexibility index (Phi) is 1.42. The van der Waals surface area contributed by atoms with E-state index in [1.54, 1.807) is 0 Å². The number of hydrogen-bond donors (Lipinski definition) is 1. The molecule has 0 aromatic carbocycles. The van der Waals surface area contributed by atoms with Crippen LogP contribution >= 0.6 is 0 Å². The van der Waals surface area contributed by atoms with E-state index < -0.39 is 0 Å². The molecule has 1 N–H and O–H groups in total. The smallest absolute Gasteiger partial charge is 0.312 e. The van der Waals surface area contributed by atoms with Gasteiger partial charge < -0.3 is 10.1 Å². The minimum absolute atomic E-state index is 0.00370. The zero-order valence-electron chi connectivity index (χ0n) is 6.72. The Balaban J connectivity index is 2.07. The Morgan fingerprint density at radius 2 is 2.55 bits per heavy atom. The molecule has 2 rings (SSSR count). The van der Waals surface area contributed by atoms with E-state index in [1.807, 2.05) is 0 Å². The molecule has 0 aromatic heterocycles. The van der Waals surface area contributed by atoms with Gasteiger partial charge in [0.2, 0.25) is 0 Å². The molecule has 3 heteroatoms. The number of rotatable bonds is 1. The van der Waals surface area contributed by atoms with Gasteiger partial charge in [-0.25, -0.2) is 0 Å². The third-order valence-electron chi connectivity index (χ3n) is 2.96. The lowest BCUT2D eigenvalue weighted by molar-refractivity contribution is -0.148. The zero-order chi connectivity index (χ0) is 7.90. The highest BCUT2D eigenvalue weighted by atomic mass is 16.5. The standard InChI is InChI=1S/C8H13NO2/c1-11-7(10)8-2-3-9-5-6(8)4-8/h6,9H,2-5H2,1H3/t6-,8+/m0/s1. The van der Waals surface area contributed by atoms with Crippen molar-refractivity contribution < 1.29 is 9.53 Å². The van der Waals surface area contributed by atoms with Crippen LogP contribution in [0.15, 0.2) is 0 Å². The molecule has 2 aliphatic rings. The molecule has 3 nitrogen and oxygen atoms in total. The summed E-state index contributed by atoms with van der Waals surface area (Å²) < 4.78 is 4.77. The van der Waals surface area contributed by atoms with Crippen molar-refractivity contribution in [2.24, 2.45) is 11.3 Å². The fraction of sp³-hybridized carbons (Fsp3) is 0.875. The van der Waals surface area contributed by atoms with Gasteiger partial charge in [-0.1, -0.05) is 0 Å². The van der Waals surface area contributed by atoms with Crippen LogP contribution in [0.3, 0.4) is 0 Å². The summed E-state index contributed by atoms with van der Waals surface area (Å²) in [6.45, 7) is 1.96. The summed E-state index contributed by atoms with van der Waals surface area (Å²) in [4.78, 5) is 11.3. The second kappa shape index (κ2) is 2.21. The summed E-state index contributed by atoms with van der Waals surface area (Å²) in [6, 6.07) is 0. The molecule has 11 heavy (non-hydrogen) atoms. The number of methoxy groups -OCH3 is 1. The maximum atomic E-state index is 11.3. The minimum atomic E-state index is -0.0694. The van der Waals surface area contributed by atoms with E-state index >= 15 is 0 Å². The lowest BCUT2D eigenvalue weighted by Gasteiger charge is -2.19. The van der Waals surface area contributed by atoms with Crippen LogP contribution in [0.1, 0.15) is 12.8 Å². The van der Waals surface area contributed by atoms with Crippen LogP contribution in [-0.4, -0.2) is 26.2 Å². The summed E-state index contributed by atoms with van der Waals surface area (Å²) in [7, 11) is 1.48. The molecule has 0 amide bonds. The van der Waals surface area contributed by atoms with Crippen molar-refractivity contribution in [1.29, 1.82) is 0 Å². The SMILES string of the molecule is COC(=O)[C@@]12CCNC[C@@H]1C2. The molecule has 0 spiro atoms. The van der Waals surface area contributed by atoms with Gasteiger partial charge in [-0.3, -0.25) is 4.79 Å². The Morgan fingerprint density at radius 3 is 3.18 bits per heavy atom. The van der Waals surface area contributed by atoms with Gasteiger partial charge >= 0.3 is 5.97 Å². The van der Waals surface area contributed by atoms with E-state index in [-0.39, 0.29) is 11.4 Å². The van der Waals surface area contributed by atoms with Gasteiger partial charge in [0.15, 0.2) is 0 Å². The van der Waals surface area contributed by atoms with Gasteiger partial charge in [-0.05, 0) is 31.8 Å². The van der Waals surface area contributed by atoms with Crippen molar-refractivity contribution in [3.8, 4) is 0 Å². The van der Waals surface area contributed by atoms with Gasteiger partial charge in [0.1, 0.15) is 0 Å². The molecule has 2 fully saturated rings. The number of piperidine rings is 1. The minimum Gasteiger partial charge on any atom is -0.469 e. The molecule has 0 unspecified atom stereocenters. The monoisotopic (exact) mass is 155 g/mol.